The summed E-state index contributed by atoms with van der Waals surface area (Å²) in [6.45, 7) is 2.05. The second-order valence-corrected chi connectivity index (χ2v) is 6.79. The summed E-state index contributed by atoms with van der Waals surface area (Å²) in [4.78, 5) is 0.178. The quantitative estimate of drug-likeness (QED) is 0.798. The molecule has 0 aromatic heterocycles. The molecule has 19 heavy (non-hydrogen) atoms. The van der Waals surface area contributed by atoms with Gasteiger partial charge in [0.15, 0.2) is 0 Å². The van der Waals surface area contributed by atoms with Crippen LogP contribution in [0.25, 0.3) is 0 Å². The Kier molecular flexibility index (Phi) is 4.58. The fraction of sp³-hybridized carbons (Fsp3) is 0.571. The zero-order valence-electron chi connectivity index (χ0n) is 11.0. The Morgan fingerprint density at radius 1 is 1.16 bits per heavy atom. The van der Waals surface area contributed by atoms with Crippen molar-refractivity contribution in [3.63, 3.8) is 0 Å². The molecule has 3 nitrogen and oxygen atoms in total. The number of benzene rings is 1. The maximum Gasteiger partial charge on any atom is 0.296 e. The lowest BCUT2D eigenvalue weighted by molar-refractivity contribution is 0.160. The van der Waals surface area contributed by atoms with E-state index in [9.17, 15) is 12.8 Å². The average molecular weight is 286 g/mol. The normalized spacial score (nSPS) is 24.3. The van der Waals surface area contributed by atoms with Gasteiger partial charge in [-0.15, -0.1) is 0 Å². The highest BCUT2D eigenvalue weighted by Gasteiger charge is 2.23. The van der Waals surface area contributed by atoms with Crippen molar-refractivity contribution in [1.82, 2.24) is 0 Å². The van der Waals surface area contributed by atoms with Crippen LogP contribution < -0.4 is 0 Å². The summed E-state index contributed by atoms with van der Waals surface area (Å²) in [7, 11) is -3.68. The Morgan fingerprint density at radius 3 is 2.32 bits per heavy atom. The van der Waals surface area contributed by atoms with Gasteiger partial charge in [0.25, 0.3) is 10.1 Å². The Balaban J connectivity index is 1.92. The third kappa shape index (κ3) is 4.01. The van der Waals surface area contributed by atoms with Gasteiger partial charge in [-0.3, -0.25) is 4.18 Å². The van der Waals surface area contributed by atoms with Crippen LogP contribution in [0.5, 0.6) is 0 Å². The van der Waals surface area contributed by atoms with Crippen LogP contribution in [0.2, 0.25) is 0 Å². The third-order valence-electron chi connectivity index (χ3n) is 3.54. The predicted molar refractivity (Wildman–Crippen MR) is 71.2 cm³/mol. The largest absolute Gasteiger partial charge is 0.296 e. The predicted octanol–water partition coefficient (Wildman–Crippen LogP) is 3.23. The van der Waals surface area contributed by atoms with E-state index < -0.39 is 16.3 Å². The highest BCUT2D eigenvalue weighted by atomic mass is 32.2. The minimum absolute atomic E-state index is 0.146. The Labute approximate surface area is 113 Å². The molecule has 0 bridgehead atoms. The summed E-state index contributed by atoms with van der Waals surface area (Å²) in [5, 5.41) is 0. The Bertz CT molecular complexity index is 502. The van der Waals surface area contributed by atoms with Crippen LogP contribution in [-0.2, 0) is 14.3 Å². The van der Waals surface area contributed by atoms with Crippen molar-refractivity contribution < 1.29 is 17.0 Å². The van der Waals surface area contributed by atoms with Crippen LogP contribution >= 0.6 is 0 Å². The summed E-state index contributed by atoms with van der Waals surface area (Å²) in [5.41, 5.74) is 1.00. The molecule has 5 heteroatoms. The van der Waals surface area contributed by atoms with E-state index in [1.807, 2.05) is 6.92 Å². The van der Waals surface area contributed by atoms with Gasteiger partial charge in [-0.25, -0.2) is 4.39 Å². The summed E-state index contributed by atoms with van der Waals surface area (Å²) < 4.78 is 42.0. The molecular weight excluding hydrogens is 267 g/mol. The van der Waals surface area contributed by atoms with Crippen molar-refractivity contribution >= 4 is 10.1 Å². The van der Waals surface area contributed by atoms with Crippen LogP contribution in [0, 0.1) is 12.8 Å². The summed E-state index contributed by atoms with van der Waals surface area (Å²) >= 11 is 0. The molecule has 0 atom stereocenters. The van der Waals surface area contributed by atoms with Crippen LogP contribution in [0.15, 0.2) is 29.2 Å². The highest BCUT2D eigenvalue weighted by Crippen LogP contribution is 2.27. The van der Waals surface area contributed by atoms with E-state index in [1.54, 1.807) is 24.3 Å². The molecule has 0 saturated heterocycles. The van der Waals surface area contributed by atoms with E-state index in [1.165, 1.54) is 0 Å². The van der Waals surface area contributed by atoms with Crippen molar-refractivity contribution in [2.24, 2.45) is 5.92 Å². The van der Waals surface area contributed by atoms with Crippen LogP contribution in [0.3, 0.4) is 0 Å². The number of hydrogen-bond donors (Lipinski definition) is 0. The lowest BCUT2D eigenvalue weighted by atomic mass is 9.89. The topological polar surface area (TPSA) is 43.4 Å². The molecule has 1 fully saturated rings. The maximum atomic E-state index is 13.0. The number of halogens is 1. The van der Waals surface area contributed by atoms with Gasteiger partial charge in [0.2, 0.25) is 0 Å². The molecule has 0 unspecified atom stereocenters. The van der Waals surface area contributed by atoms with Crippen molar-refractivity contribution in [1.29, 1.82) is 0 Å². The van der Waals surface area contributed by atoms with Gasteiger partial charge >= 0.3 is 0 Å². The summed E-state index contributed by atoms with van der Waals surface area (Å²) in [6.07, 6.45) is 1.69. The molecule has 1 aromatic rings. The number of hydrogen-bond acceptors (Lipinski definition) is 3. The van der Waals surface area contributed by atoms with Crippen LogP contribution in [-0.4, -0.2) is 21.2 Å². The fourth-order valence-corrected chi connectivity index (χ4v) is 3.22. The third-order valence-corrected chi connectivity index (χ3v) is 4.84. The van der Waals surface area contributed by atoms with E-state index in [0.29, 0.717) is 25.7 Å². The average Bonchev–Trinajstić information content (AvgIpc) is 2.39. The standard InChI is InChI=1S/C14H19FO3S/c1-11-2-8-14(9-3-11)19(16,17)18-10-12-4-6-13(15)7-5-12/h2-3,8-9,12-13H,4-7,10H2,1H3. The minimum Gasteiger partial charge on any atom is -0.266 e. The molecule has 1 aromatic carbocycles. The molecule has 0 aliphatic heterocycles. The van der Waals surface area contributed by atoms with Gasteiger partial charge in [-0.2, -0.15) is 8.42 Å². The zero-order valence-corrected chi connectivity index (χ0v) is 11.8. The van der Waals surface area contributed by atoms with E-state index in [2.05, 4.69) is 0 Å². The fourth-order valence-electron chi connectivity index (χ4n) is 2.25. The molecule has 0 radical (unpaired) electrons. The van der Waals surface area contributed by atoms with Gasteiger partial charge in [-0.05, 0) is 50.7 Å². The minimum atomic E-state index is -3.68. The smallest absolute Gasteiger partial charge is 0.266 e. The second-order valence-electron chi connectivity index (χ2n) is 5.17. The SMILES string of the molecule is Cc1ccc(S(=O)(=O)OCC2CCC(F)CC2)cc1. The molecule has 1 aliphatic rings. The first kappa shape index (κ1) is 14.5. The second kappa shape index (κ2) is 6.01. The summed E-state index contributed by atoms with van der Waals surface area (Å²) in [6, 6.07) is 6.57. The highest BCUT2D eigenvalue weighted by molar-refractivity contribution is 7.86. The zero-order chi connectivity index (χ0) is 13.9. The molecule has 0 N–H and O–H groups in total. The molecule has 0 spiro atoms. The molecule has 106 valence electrons. The van der Waals surface area contributed by atoms with Gasteiger partial charge in [-0.1, -0.05) is 17.7 Å². The van der Waals surface area contributed by atoms with Gasteiger partial charge in [0, 0.05) is 0 Å². The van der Waals surface area contributed by atoms with E-state index in [-0.39, 0.29) is 17.4 Å². The van der Waals surface area contributed by atoms with E-state index >= 15 is 0 Å². The first-order chi connectivity index (χ1) is 8.97. The lowest BCUT2D eigenvalue weighted by Crippen LogP contribution is -2.21. The van der Waals surface area contributed by atoms with Gasteiger partial charge in [0.1, 0.15) is 6.17 Å². The molecule has 1 aliphatic carbocycles. The van der Waals surface area contributed by atoms with E-state index in [4.69, 9.17) is 4.18 Å². The van der Waals surface area contributed by atoms with Gasteiger partial charge < -0.3 is 0 Å². The summed E-state index contributed by atoms with van der Waals surface area (Å²) in [5.74, 6) is 0.146. The molecule has 0 heterocycles. The maximum absolute atomic E-state index is 13.0. The van der Waals surface area contributed by atoms with Crippen LogP contribution in [0.4, 0.5) is 4.39 Å². The molecule has 0 amide bonds. The molecule has 1 saturated carbocycles. The number of rotatable bonds is 4. The van der Waals surface area contributed by atoms with E-state index in [0.717, 1.165) is 5.56 Å². The first-order valence-electron chi connectivity index (χ1n) is 6.57. The monoisotopic (exact) mass is 286 g/mol. The van der Waals surface area contributed by atoms with Crippen molar-refractivity contribution in [3.05, 3.63) is 29.8 Å². The number of aryl methyl sites for hydroxylation is 1. The number of alkyl halides is 1. The van der Waals surface area contributed by atoms with Crippen LogP contribution in [0.1, 0.15) is 31.2 Å². The lowest BCUT2D eigenvalue weighted by Gasteiger charge is -2.23. The van der Waals surface area contributed by atoms with Crippen molar-refractivity contribution in [2.75, 3.05) is 6.61 Å². The first-order valence-corrected chi connectivity index (χ1v) is 7.98. The Hall–Kier alpha value is -0.940. The molecular formula is C14H19FO3S. The van der Waals surface area contributed by atoms with Gasteiger partial charge in [0.05, 0.1) is 11.5 Å². The van der Waals surface area contributed by atoms with Crippen molar-refractivity contribution in [2.45, 2.75) is 43.7 Å². The molecule has 2 rings (SSSR count). The van der Waals surface area contributed by atoms with Crippen molar-refractivity contribution in [3.8, 4) is 0 Å². The Morgan fingerprint density at radius 2 is 1.74 bits per heavy atom.